The number of hydrogen-bond donors (Lipinski definition) is 0. The molecule has 0 saturated carbocycles. The summed E-state index contributed by atoms with van der Waals surface area (Å²) in [6.45, 7) is 0. The van der Waals surface area contributed by atoms with Gasteiger partial charge in [-0.3, -0.25) is 0 Å². The molecule has 9 aromatic carbocycles. The molecule has 0 aliphatic carbocycles. The highest BCUT2D eigenvalue weighted by molar-refractivity contribution is 6.15. The fraction of sp³-hybridized carbons (Fsp3) is 0.0189. The van der Waals surface area contributed by atoms with Crippen LogP contribution in [0, 0.1) is 0 Å². The number of hydrogen-bond acceptors (Lipinski definition) is 1. The highest BCUT2D eigenvalue weighted by Gasteiger charge is 2.50. The maximum absolute atomic E-state index is 7.23. The standard InChI is InChI=1S/C53H32N2O/c1-2-15-36-33(13-1)14-11-18-37(36)34-27-29-35(30-28-34)54-46-24-8-4-17-40(46)50-48(54)32-31-44-52(50)56-49-26-10-6-21-42(49)53(44)41-20-5-9-25-47(41)55-45-23-7-3-16-38(45)39-19-12-22-43(53)51(39)55/h1-32H. The first kappa shape index (κ1) is 30.0. The van der Waals surface area contributed by atoms with Gasteiger partial charge in [0.15, 0.2) is 0 Å². The van der Waals surface area contributed by atoms with E-state index in [1.165, 1.54) is 65.9 Å². The molecule has 1 unspecified atom stereocenters. The molecule has 2 aliphatic rings. The van der Waals surface area contributed by atoms with Gasteiger partial charge >= 0.3 is 0 Å². The van der Waals surface area contributed by atoms with E-state index in [4.69, 9.17) is 4.74 Å². The lowest BCUT2D eigenvalue weighted by Gasteiger charge is -2.45. The number of rotatable bonds is 2. The number of nitrogens with zero attached hydrogens (tertiary/aromatic N) is 2. The van der Waals surface area contributed by atoms with Crippen molar-refractivity contribution in [1.29, 1.82) is 0 Å². The molecule has 4 heterocycles. The minimum atomic E-state index is -0.623. The molecular formula is C53H32N2O. The Balaban J connectivity index is 1.11. The first-order valence-corrected chi connectivity index (χ1v) is 19.4. The van der Waals surface area contributed by atoms with Gasteiger partial charge in [-0.15, -0.1) is 0 Å². The summed E-state index contributed by atoms with van der Waals surface area (Å²) in [6, 6.07) is 71.1. The van der Waals surface area contributed by atoms with Crippen molar-refractivity contribution in [2.24, 2.45) is 0 Å². The number of ether oxygens (including phenoxy) is 1. The van der Waals surface area contributed by atoms with Crippen LogP contribution in [-0.2, 0) is 5.41 Å². The van der Waals surface area contributed by atoms with E-state index < -0.39 is 5.41 Å². The summed E-state index contributed by atoms with van der Waals surface area (Å²) in [4.78, 5) is 0. The van der Waals surface area contributed by atoms with Gasteiger partial charge in [0.25, 0.3) is 0 Å². The van der Waals surface area contributed by atoms with E-state index in [1.807, 2.05) is 0 Å². The van der Waals surface area contributed by atoms with Crippen molar-refractivity contribution in [2.75, 3.05) is 0 Å². The van der Waals surface area contributed by atoms with Gasteiger partial charge in [0.1, 0.15) is 11.5 Å². The van der Waals surface area contributed by atoms with Gasteiger partial charge in [-0.25, -0.2) is 0 Å². The molecule has 3 heteroatoms. The number of para-hydroxylation sites is 5. The predicted octanol–water partition coefficient (Wildman–Crippen LogP) is 13.5. The zero-order chi connectivity index (χ0) is 36.5. The van der Waals surface area contributed by atoms with Gasteiger partial charge < -0.3 is 13.9 Å². The van der Waals surface area contributed by atoms with Crippen molar-refractivity contribution in [2.45, 2.75) is 5.41 Å². The van der Waals surface area contributed by atoms with E-state index >= 15 is 0 Å². The van der Waals surface area contributed by atoms with Crippen LogP contribution in [-0.4, -0.2) is 9.13 Å². The van der Waals surface area contributed by atoms with E-state index in [2.05, 4.69) is 203 Å². The highest BCUT2D eigenvalue weighted by atomic mass is 16.5. The van der Waals surface area contributed by atoms with Crippen LogP contribution >= 0.6 is 0 Å². The van der Waals surface area contributed by atoms with Crippen LogP contribution < -0.4 is 4.74 Å². The number of benzene rings is 9. The maximum atomic E-state index is 7.23. The lowest BCUT2D eigenvalue weighted by Crippen LogP contribution is -2.37. The molecule has 0 radical (unpaired) electrons. The van der Waals surface area contributed by atoms with Crippen LogP contribution in [0.25, 0.3) is 76.9 Å². The van der Waals surface area contributed by atoms with Gasteiger partial charge in [-0.05, 0) is 75.5 Å². The average Bonchev–Trinajstić information content (AvgIpc) is 3.79. The number of fused-ring (bicyclic) bond motifs is 16. The van der Waals surface area contributed by atoms with Crippen LogP contribution in [0.2, 0.25) is 0 Å². The van der Waals surface area contributed by atoms with E-state index in [9.17, 15) is 0 Å². The van der Waals surface area contributed by atoms with Crippen molar-refractivity contribution in [3.8, 4) is 34.0 Å². The van der Waals surface area contributed by atoms with Gasteiger partial charge in [-0.2, -0.15) is 0 Å². The summed E-state index contributed by atoms with van der Waals surface area (Å²) in [5.41, 5.74) is 13.7. The molecule has 2 aromatic heterocycles. The van der Waals surface area contributed by atoms with Crippen LogP contribution in [0.1, 0.15) is 22.3 Å². The predicted molar refractivity (Wildman–Crippen MR) is 230 cm³/mol. The maximum Gasteiger partial charge on any atom is 0.142 e. The normalized spacial score (nSPS) is 15.4. The number of aromatic nitrogens is 2. The topological polar surface area (TPSA) is 19.1 Å². The van der Waals surface area contributed by atoms with Gasteiger partial charge in [0.2, 0.25) is 0 Å². The second-order valence-corrected chi connectivity index (χ2v) is 15.2. The summed E-state index contributed by atoms with van der Waals surface area (Å²) in [5, 5.41) is 7.34. The summed E-state index contributed by atoms with van der Waals surface area (Å²) in [6.07, 6.45) is 0. The van der Waals surface area contributed by atoms with Gasteiger partial charge in [-0.1, -0.05) is 152 Å². The lowest BCUT2D eigenvalue weighted by atomic mass is 9.61. The Kier molecular flexibility index (Phi) is 5.83. The molecule has 11 aromatic rings. The molecule has 1 atom stereocenters. The van der Waals surface area contributed by atoms with Crippen LogP contribution in [0.3, 0.4) is 0 Å². The molecule has 260 valence electrons. The average molecular weight is 713 g/mol. The van der Waals surface area contributed by atoms with Crippen LogP contribution in [0.15, 0.2) is 194 Å². The van der Waals surface area contributed by atoms with E-state index in [0.717, 1.165) is 44.7 Å². The van der Waals surface area contributed by atoms with Gasteiger partial charge in [0.05, 0.1) is 38.6 Å². The molecule has 2 aliphatic heterocycles. The summed E-state index contributed by atoms with van der Waals surface area (Å²) < 4.78 is 12.1. The third-order valence-electron chi connectivity index (χ3n) is 12.6. The highest BCUT2D eigenvalue weighted by Crippen LogP contribution is 2.62. The van der Waals surface area contributed by atoms with Gasteiger partial charge in [0, 0.05) is 33.0 Å². The van der Waals surface area contributed by atoms with Crippen molar-refractivity contribution in [3.63, 3.8) is 0 Å². The van der Waals surface area contributed by atoms with Crippen molar-refractivity contribution in [1.82, 2.24) is 9.13 Å². The van der Waals surface area contributed by atoms with Crippen molar-refractivity contribution in [3.05, 3.63) is 216 Å². The Morgan fingerprint density at radius 2 is 1.04 bits per heavy atom. The molecule has 13 rings (SSSR count). The largest absolute Gasteiger partial charge is 0.456 e. The molecular weight excluding hydrogens is 681 g/mol. The molecule has 0 bridgehead atoms. The molecule has 0 amide bonds. The summed E-state index contributed by atoms with van der Waals surface area (Å²) in [5.74, 6) is 1.81. The Hall–Kier alpha value is -7.36. The molecule has 3 nitrogen and oxygen atoms in total. The SMILES string of the molecule is c1ccc2c(c1)Oc1c(ccc3c1c1ccccc1n3-c1ccc(-c3cccc4ccccc34)cc1)C21c2ccccc2-n2c3ccccc3c3cccc1c32. The Labute approximate surface area is 322 Å². The zero-order valence-corrected chi connectivity index (χ0v) is 30.3. The fourth-order valence-corrected chi connectivity index (χ4v) is 10.4. The summed E-state index contributed by atoms with van der Waals surface area (Å²) >= 11 is 0. The summed E-state index contributed by atoms with van der Waals surface area (Å²) in [7, 11) is 0. The third-order valence-corrected chi connectivity index (χ3v) is 12.6. The Bertz CT molecular complexity index is 3450. The third kappa shape index (κ3) is 3.67. The molecule has 0 fully saturated rings. The zero-order valence-electron chi connectivity index (χ0n) is 30.3. The molecule has 0 saturated heterocycles. The second kappa shape index (κ2) is 10.9. The van der Waals surface area contributed by atoms with E-state index in [-0.39, 0.29) is 0 Å². The first-order valence-electron chi connectivity index (χ1n) is 19.4. The van der Waals surface area contributed by atoms with Crippen molar-refractivity contribution < 1.29 is 4.74 Å². The Morgan fingerprint density at radius 1 is 0.393 bits per heavy atom. The van der Waals surface area contributed by atoms with E-state index in [0.29, 0.717) is 0 Å². The minimum absolute atomic E-state index is 0.623. The van der Waals surface area contributed by atoms with Crippen LogP contribution in [0.4, 0.5) is 0 Å². The van der Waals surface area contributed by atoms with Crippen LogP contribution in [0.5, 0.6) is 11.5 Å². The monoisotopic (exact) mass is 712 g/mol. The Morgan fingerprint density at radius 3 is 1.91 bits per heavy atom. The van der Waals surface area contributed by atoms with E-state index in [1.54, 1.807) is 0 Å². The molecule has 56 heavy (non-hydrogen) atoms. The molecule has 0 N–H and O–H groups in total. The first-order chi connectivity index (χ1) is 27.8. The minimum Gasteiger partial charge on any atom is -0.456 e. The quantitative estimate of drug-likeness (QED) is 0.175. The smallest absolute Gasteiger partial charge is 0.142 e. The fourth-order valence-electron chi connectivity index (χ4n) is 10.4. The molecule has 1 spiro atoms. The second-order valence-electron chi connectivity index (χ2n) is 15.2. The van der Waals surface area contributed by atoms with Crippen molar-refractivity contribution >= 4 is 54.4 Å². The lowest BCUT2D eigenvalue weighted by molar-refractivity contribution is 0.439.